The van der Waals surface area contributed by atoms with Crippen molar-refractivity contribution in [2.24, 2.45) is 11.8 Å². The average molecular weight is 167 g/mol. The molecule has 0 aromatic rings. The first kappa shape index (κ1) is 11.3. The van der Waals surface area contributed by atoms with Gasteiger partial charge < -0.3 is 5.32 Å². The van der Waals surface area contributed by atoms with Crippen LogP contribution in [-0.4, -0.2) is 7.05 Å². The lowest BCUT2D eigenvalue weighted by Gasteiger charge is -2.13. The molecule has 0 spiro atoms. The summed E-state index contributed by atoms with van der Waals surface area (Å²) in [7, 11) is 1.96. The van der Waals surface area contributed by atoms with Crippen molar-refractivity contribution in [3.05, 3.63) is 23.9 Å². The predicted molar refractivity (Wildman–Crippen MR) is 56.0 cm³/mol. The zero-order valence-corrected chi connectivity index (χ0v) is 8.94. The second-order valence-corrected chi connectivity index (χ2v) is 3.73. The Morgan fingerprint density at radius 2 is 1.67 bits per heavy atom. The maximum absolute atomic E-state index is 4.01. The van der Waals surface area contributed by atoms with E-state index in [1.807, 2.05) is 7.05 Å². The molecule has 70 valence electrons. The summed E-state index contributed by atoms with van der Waals surface area (Å²) in [6.45, 7) is 12.7. The predicted octanol–water partition coefficient (Wildman–Crippen LogP) is 2.96. The first-order valence-corrected chi connectivity index (χ1v) is 4.57. The highest BCUT2D eigenvalue weighted by atomic mass is 14.8. The van der Waals surface area contributed by atoms with Crippen molar-refractivity contribution in [1.82, 2.24) is 5.32 Å². The minimum absolute atomic E-state index is 0.534. The van der Waals surface area contributed by atoms with Gasteiger partial charge in [0.05, 0.1) is 0 Å². The average Bonchev–Trinajstić information content (AvgIpc) is 1.98. The van der Waals surface area contributed by atoms with E-state index in [0.29, 0.717) is 11.8 Å². The number of allylic oxidation sites excluding steroid dienone is 3. The third kappa shape index (κ3) is 3.61. The molecule has 0 aromatic heterocycles. The summed E-state index contributed by atoms with van der Waals surface area (Å²) in [5.41, 5.74) is 2.45. The Morgan fingerprint density at radius 1 is 1.17 bits per heavy atom. The van der Waals surface area contributed by atoms with Gasteiger partial charge in [0.1, 0.15) is 0 Å². The monoisotopic (exact) mass is 167 g/mol. The lowest BCUT2D eigenvalue weighted by molar-refractivity contribution is 0.690. The van der Waals surface area contributed by atoms with E-state index in [1.54, 1.807) is 0 Å². The van der Waals surface area contributed by atoms with Gasteiger partial charge in [0.15, 0.2) is 0 Å². The fourth-order valence-electron chi connectivity index (χ4n) is 0.894. The van der Waals surface area contributed by atoms with Gasteiger partial charge in [-0.1, -0.05) is 39.8 Å². The molecule has 0 fully saturated rings. The minimum atomic E-state index is 0.534. The molecule has 12 heavy (non-hydrogen) atoms. The molecule has 0 aliphatic rings. The van der Waals surface area contributed by atoms with Crippen molar-refractivity contribution in [3.63, 3.8) is 0 Å². The van der Waals surface area contributed by atoms with Crippen LogP contribution in [-0.2, 0) is 0 Å². The van der Waals surface area contributed by atoms with Crippen LogP contribution >= 0.6 is 0 Å². The highest BCUT2D eigenvalue weighted by molar-refractivity contribution is 5.22. The highest BCUT2D eigenvalue weighted by Crippen LogP contribution is 2.13. The van der Waals surface area contributed by atoms with Crippen molar-refractivity contribution in [1.29, 1.82) is 0 Å². The Morgan fingerprint density at radius 3 is 1.92 bits per heavy atom. The lowest BCUT2D eigenvalue weighted by atomic mass is 10.0. The van der Waals surface area contributed by atoms with Crippen molar-refractivity contribution >= 4 is 0 Å². The normalized spacial score (nSPS) is 12.4. The van der Waals surface area contributed by atoms with Crippen molar-refractivity contribution in [3.8, 4) is 0 Å². The molecular formula is C11H21N. The van der Waals surface area contributed by atoms with Crippen LogP contribution in [0.5, 0.6) is 0 Å². The fourth-order valence-corrected chi connectivity index (χ4v) is 0.894. The van der Waals surface area contributed by atoms with Crippen molar-refractivity contribution in [2.45, 2.75) is 27.7 Å². The molecule has 0 saturated carbocycles. The molecule has 0 aliphatic carbocycles. The van der Waals surface area contributed by atoms with Crippen LogP contribution in [0.4, 0.5) is 0 Å². The Balaban J connectivity index is 4.38. The molecule has 0 amide bonds. The summed E-state index contributed by atoms with van der Waals surface area (Å²) < 4.78 is 0. The van der Waals surface area contributed by atoms with E-state index in [4.69, 9.17) is 0 Å². The van der Waals surface area contributed by atoms with Crippen LogP contribution in [0.3, 0.4) is 0 Å². The highest BCUT2D eigenvalue weighted by Gasteiger charge is 2.02. The number of hydrogen-bond donors (Lipinski definition) is 1. The molecule has 1 nitrogen and oxygen atoms in total. The van der Waals surface area contributed by atoms with E-state index in [2.05, 4.69) is 45.7 Å². The van der Waals surface area contributed by atoms with Crippen LogP contribution in [0.1, 0.15) is 27.7 Å². The Bertz CT molecular complexity index is 175. The summed E-state index contributed by atoms with van der Waals surface area (Å²) >= 11 is 0. The van der Waals surface area contributed by atoms with Gasteiger partial charge in [-0.05, 0) is 17.9 Å². The van der Waals surface area contributed by atoms with Gasteiger partial charge in [0.2, 0.25) is 0 Å². The second-order valence-electron chi connectivity index (χ2n) is 3.73. The van der Waals surface area contributed by atoms with Crippen LogP contribution < -0.4 is 5.32 Å². The molecule has 0 aliphatic heterocycles. The third-order valence-electron chi connectivity index (χ3n) is 1.99. The smallest absolute Gasteiger partial charge is 0.0133 e. The SMILES string of the molecule is C=C(/C=C(\NC)C(C)C)C(C)C. The molecule has 0 atom stereocenters. The van der Waals surface area contributed by atoms with E-state index >= 15 is 0 Å². The van der Waals surface area contributed by atoms with Gasteiger partial charge in [-0.3, -0.25) is 0 Å². The standard InChI is InChI=1S/C11H21N/c1-8(2)10(5)7-11(12-6)9(3)4/h7-9,12H,5H2,1-4,6H3/b11-7-. The summed E-state index contributed by atoms with van der Waals surface area (Å²) in [4.78, 5) is 0. The summed E-state index contributed by atoms with van der Waals surface area (Å²) in [5, 5.41) is 3.19. The first-order chi connectivity index (χ1) is 5.49. The molecule has 0 rings (SSSR count). The third-order valence-corrected chi connectivity index (χ3v) is 1.99. The van der Waals surface area contributed by atoms with Gasteiger partial charge in [-0.25, -0.2) is 0 Å². The summed E-state index contributed by atoms with van der Waals surface area (Å²) in [6, 6.07) is 0. The van der Waals surface area contributed by atoms with Crippen molar-refractivity contribution < 1.29 is 0 Å². The van der Waals surface area contributed by atoms with Crippen LogP contribution in [0.2, 0.25) is 0 Å². The molecule has 0 aromatic carbocycles. The number of rotatable bonds is 4. The number of hydrogen-bond acceptors (Lipinski definition) is 1. The molecule has 1 heteroatoms. The molecule has 1 N–H and O–H groups in total. The maximum atomic E-state index is 4.01. The van der Waals surface area contributed by atoms with E-state index in [1.165, 1.54) is 11.3 Å². The molecule has 0 saturated heterocycles. The Kier molecular flexibility index (Phi) is 4.72. The zero-order valence-electron chi connectivity index (χ0n) is 8.94. The lowest BCUT2D eigenvalue weighted by Crippen LogP contribution is -2.12. The number of nitrogens with one attached hydrogen (secondary N) is 1. The van der Waals surface area contributed by atoms with Gasteiger partial charge in [-0.2, -0.15) is 0 Å². The largest absolute Gasteiger partial charge is 0.391 e. The minimum Gasteiger partial charge on any atom is -0.391 e. The zero-order chi connectivity index (χ0) is 9.72. The van der Waals surface area contributed by atoms with E-state index < -0.39 is 0 Å². The maximum Gasteiger partial charge on any atom is 0.0133 e. The quantitative estimate of drug-likeness (QED) is 0.635. The second kappa shape index (κ2) is 5.02. The first-order valence-electron chi connectivity index (χ1n) is 4.57. The van der Waals surface area contributed by atoms with E-state index in [9.17, 15) is 0 Å². The van der Waals surface area contributed by atoms with E-state index in [0.717, 1.165) is 0 Å². The molecule has 0 heterocycles. The van der Waals surface area contributed by atoms with Gasteiger partial charge in [0, 0.05) is 12.7 Å². The molecular weight excluding hydrogens is 146 g/mol. The molecule has 0 unspecified atom stereocenters. The Hall–Kier alpha value is -0.720. The summed E-state index contributed by atoms with van der Waals surface area (Å²) in [6.07, 6.45) is 2.15. The van der Waals surface area contributed by atoms with Crippen LogP contribution in [0.25, 0.3) is 0 Å². The van der Waals surface area contributed by atoms with Gasteiger partial charge in [0.25, 0.3) is 0 Å². The topological polar surface area (TPSA) is 12.0 Å². The van der Waals surface area contributed by atoms with E-state index in [-0.39, 0.29) is 0 Å². The van der Waals surface area contributed by atoms with Crippen LogP contribution in [0, 0.1) is 11.8 Å². The van der Waals surface area contributed by atoms with Crippen molar-refractivity contribution in [2.75, 3.05) is 7.05 Å². The molecule has 0 bridgehead atoms. The fraction of sp³-hybridized carbons (Fsp3) is 0.636. The van der Waals surface area contributed by atoms with Crippen LogP contribution in [0.15, 0.2) is 23.9 Å². The molecule has 0 radical (unpaired) electrons. The summed E-state index contributed by atoms with van der Waals surface area (Å²) in [5.74, 6) is 1.08. The Labute approximate surface area is 76.6 Å². The van der Waals surface area contributed by atoms with Gasteiger partial charge >= 0.3 is 0 Å². The van der Waals surface area contributed by atoms with Gasteiger partial charge in [-0.15, -0.1) is 0 Å².